The lowest BCUT2D eigenvalue weighted by Crippen LogP contribution is -2.45. The minimum atomic E-state index is -0.259. The van der Waals surface area contributed by atoms with Crippen molar-refractivity contribution in [2.75, 3.05) is 6.54 Å². The topological polar surface area (TPSA) is 45.6 Å². The lowest BCUT2D eigenvalue weighted by Gasteiger charge is -2.30. The Morgan fingerprint density at radius 3 is 2.25 bits per heavy atom. The molecule has 0 spiro atoms. The van der Waals surface area contributed by atoms with Crippen molar-refractivity contribution in [2.24, 2.45) is 0 Å². The van der Waals surface area contributed by atoms with Gasteiger partial charge in [-0.3, -0.25) is 9.59 Å². The quantitative estimate of drug-likeness (QED) is 0.274. The van der Waals surface area contributed by atoms with Crippen molar-refractivity contribution in [3.8, 4) is 0 Å². The lowest BCUT2D eigenvalue weighted by atomic mass is 10.1. The van der Waals surface area contributed by atoms with Gasteiger partial charge in [0, 0.05) is 37.4 Å². The minimum absolute atomic E-state index is 0.0335. The Morgan fingerprint density at radius 1 is 0.861 bits per heavy atom. The molecule has 2 amide bonds. The van der Waals surface area contributed by atoms with Crippen molar-refractivity contribution in [3.63, 3.8) is 0 Å². The maximum atomic E-state index is 13.6. The SMILES string of the molecule is CCCCCC(=O)N(CC(=O)N(Cc1ccccc1)Cc1cccn1Cc1ccc(F)cc1)C(C)C. The number of benzene rings is 2. The first kappa shape index (κ1) is 27.2. The molecule has 0 unspecified atom stereocenters. The van der Waals surface area contributed by atoms with Gasteiger partial charge in [-0.2, -0.15) is 0 Å². The number of hydrogen-bond acceptors (Lipinski definition) is 2. The van der Waals surface area contributed by atoms with Crippen LogP contribution in [-0.2, 0) is 29.2 Å². The van der Waals surface area contributed by atoms with Crippen LogP contribution < -0.4 is 0 Å². The number of carbonyl (C=O) groups is 2. The van der Waals surface area contributed by atoms with E-state index in [0.717, 1.165) is 36.1 Å². The van der Waals surface area contributed by atoms with Crippen LogP contribution in [-0.4, -0.2) is 38.8 Å². The number of carbonyl (C=O) groups excluding carboxylic acids is 2. The van der Waals surface area contributed by atoms with Crippen LogP contribution in [0.25, 0.3) is 0 Å². The van der Waals surface area contributed by atoms with E-state index in [0.29, 0.717) is 26.1 Å². The summed E-state index contributed by atoms with van der Waals surface area (Å²) in [5.41, 5.74) is 3.00. The number of unbranched alkanes of at least 4 members (excludes halogenated alkanes) is 2. The molecule has 6 heteroatoms. The summed E-state index contributed by atoms with van der Waals surface area (Å²) in [5.74, 6) is -0.304. The van der Waals surface area contributed by atoms with E-state index in [4.69, 9.17) is 0 Å². The monoisotopic (exact) mass is 491 g/mol. The molecule has 0 saturated carbocycles. The number of amides is 2. The number of rotatable bonds is 13. The fourth-order valence-electron chi connectivity index (χ4n) is 4.24. The molecule has 0 saturated heterocycles. The van der Waals surface area contributed by atoms with E-state index in [1.807, 2.05) is 67.4 Å². The maximum absolute atomic E-state index is 13.6. The van der Waals surface area contributed by atoms with Crippen LogP contribution in [0.2, 0.25) is 0 Å². The predicted molar refractivity (Wildman–Crippen MR) is 142 cm³/mol. The summed E-state index contributed by atoms with van der Waals surface area (Å²) >= 11 is 0. The highest BCUT2D eigenvalue weighted by Crippen LogP contribution is 2.16. The molecule has 0 N–H and O–H groups in total. The molecule has 0 aliphatic carbocycles. The molecule has 3 rings (SSSR count). The number of halogens is 1. The third-order valence-electron chi connectivity index (χ3n) is 6.36. The second-order valence-electron chi connectivity index (χ2n) is 9.56. The van der Waals surface area contributed by atoms with Gasteiger partial charge in [-0.1, -0.05) is 62.2 Å². The molecule has 0 fully saturated rings. The molecule has 0 atom stereocenters. The summed E-state index contributed by atoms with van der Waals surface area (Å²) in [7, 11) is 0. The molecule has 5 nitrogen and oxygen atoms in total. The fraction of sp³-hybridized carbons (Fsp3) is 0.400. The molecule has 0 aliphatic rings. The molecule has 0 radical (unpaired) electrons. The molecular formula is C30H38FN3O2. The first-order valence-electron chi connectivity index (χ1n) is 12.9. The molecule has 3 aromatic rings. The summed E-state index contributed by atoms with van der Waals surface area (Å²) in [4.78, 5) is 30.0. The maximum Gasteiger partial charge on any atom is 0.242 e. The third kappa shape index (κ3) is 8.08. The highest BCUT2D eigenvalue weighted by Gasteiger charge is 2.24. The average molecular weight is 492 g/mol. The van der Waals surface area contributed by atoms with E-state index >= 15 is 0 Å². The van der Waals surface area contributed by atoms with E-state index in [-0.39, 0.29) is 30.2 Å². The summed E-state index contributed by atoms with van der Waals surface area (Å²) < 4.78 is 15.4. The van der Waals surface area contributed by atoms with Crippen molar-refractivity contribution in [1.29, 1.82) is 0 Å². The van der Waals surface area contributed by atoms with Gasteiger partial charge >= 0.3 is 0 Å². The highest BCUT2D eigenvalue weighted by atomic mass is 19.1. The summed E-state index contributed by atoms with van der Waals surface area (Å²) in [6, 6.07) is 20.3. The van der Waals surface area contributed by atoms with Gasteiger partial charge in [0.05, 0.1) is 13.1 Å². The molecule has 36 heavy (non-hydrogen) atoms. The first-order chi connectivity index (χ1) is 17.4. The smallest absolute Gasteiger partial charge is 0.242 e. The Morgan fingerprint density at radius 2 is 1.58 bits per heavy atom. The zero-order valence-corrected chi connectivity index (χ0v) is 21.7. The summed E-state index contributed by atoms with van der Waals surface area (Å²) in [6.45, 7) is 7.55. The standard InChI is InChI=1S/C30H38FN3O2/c1-4-5-7-14-29(35)34(24(2)3)23-30(36)33(21-25-11-8-6-9-12-25)22-28-13-10-19-32(28)20-26-15-17-27(31)18-16-26/h6,8-13,15-19,24H,4-5,7,14,20-23H2,1-3H3. The molecule has 0 bridgehead atoms. The molecule has 1 heterocycles. The van der Waals surface area contributed by atoms with E-state index in [2.05, 4.69) is 11.5 Å². The number of hydrogen-bond donors (Lipinski definition) is 0. The van der Waals surface area contributed by atoms with E-state index in [1.54, 1.807) is 17.0 Å². The van der Waals surface area contributed by atoms with Gasteiger partial charge in [0.1, 0.15) is 5.82 Å². The van der Waals surface area contributed by atoms with Gasteiger partial charge in [0.2, 0.25) is 11.8 Å². The fourth-order valence-corrected chi connectivity index (χ4v) is 4.24. The minimum Gasteiger partial charge on any atom is -0.345 e. The van der Waals surface area contributed by atoms with Gasteiger partial charge in [0.25, 0.3) is 0 Å². The Balaban J connectivity index is 1.78. The zero-order valence-electron chi connectivity index (χ0n) is 21.7. The van der Waals surface area contributed by atoms with Crippen molar-refractivity contribution >= 4 is 11.8 Å². The third-order valence-corrected chi connectivity index (χ3v) is 6.36. The highest BCUT2D eigenvalue weighted by molar-refractivity contribution is 5.85. The van der Waals surface area contributed by atoms with Crippen LogP contribution in [0.4, 0.5) is 4.39 Å². The van der Waals surface area contributed by atoms with Crippen LogP contribution in [0.5, 0.6) is 0 Å². The largest absolute Gasteiger partial charge is 0.345 e. The Kier molecular flexibility index (Phi) is 10.3. The summed E-state index contributed by atoms with van der Waals surface area (Å²) in [5, 5.41) is 0. The van der Waals surface area contributed by atoms with Gasteiger partial charge in [-0.25, -0.2) is 4.39 Å². The van der Waals surface area contributed by atoms with Crippen molar-refractivity contribution in [1.82, 2.24) is 14.4 Å². The van der Waals surface area contributed by atoms with Crippen molar-refractivity contribution in [3.05, 3.63) is 95.6 Å². The van der Waals surface area contributed by atoms with Gasteiger partial charge < -0.3 is 14.4 Å². The van der Waals surface area contributed by atoms with Crippen LogP contribution in [0.3, 0.4) is 0 Å². The van der Waals surface area contributed by atoms with E-state index in [9.17, 15) is 14.0 Å². The first-order valence-corrected chi connectivity index (χ1v) is 12.9. The normalized spacial score (nSPS) is 11.0. The molecule has 2 aromatic carbocycles. The second-order valence-corrected chi connectivity index (χ2v) is 9.56. The van der Waals surface area contributed by atoms with Crippen LogP contribution in [0.1, 0.15) is 63.3 Å². The van der Waals surface area contributed by atoms with Gasteiger partial charge in [-0.15, -0.1) is 0 Å². The molecule has 1 aromatic heterocycles. The average Bonchev–Trinajstić information content (AvgIpc) is 3.30. The van der Waals surface area contributed by atoms with Crippen molar-refractivity contribution < 1.29 is 14.0 Å². The second kappa shape index (κ2) is 13.6. The molecule has 0 aliphatic heterocycles. The van der Waals surface area contributed by atoms with Crippen LogP contribution in [0, 0.1) is 5.82 Å². The van der Waals surface area contributed by atoms with Gasteiger partial charge in [-0.05, 0) is 55.7 Å². The van der Waals surface area contributed by atoms with E-state index in [1.165, 1.54) is 12.1 Å². The number of aromatic nitrogens is 1. The Bertz CT molecular complexity index is 1090. The Labute approximate surface area is 214 Å². The predicted octanol–water partition coefficient (Wildman–Crippen LogP) is 6.02. The zero-order chi connectivity index (χ0) is 25.9. The van der Waals surface area contributed by atoms with Gasteiger partial charge in [0.15, 0.2) is 0 Å². The van der Waals surface area contributed by atoms with Crippen molar-refractivity contribution in [2.45, 2.75) is 72.1 Å². The van der Waals surface area contributed by atoms with Crippen LogP contribution in [0.15, 0.2) is 72.9 Å². The Hall–Kier alpha value is -3.41. The number of nitrogens with zero attached hydrogens (tertiary/aromatic N) is 3. The van der Waals surface area contributed by atoms with E-state index < -0.39 is 0 Å². The molecular weight excluding hydrogens is 453 g/mol. The molecule has 192 valence electrons. The van der Waals surface area contributed by atoms with Crippen LogP contribution >= 0.6 is 0 Å². The summed E-state index contributed by atoms with van der Waals surface area (Å²) in [6.07, 6.45) is 5.35. The lowest BCUT2D eigenvalue weighted by molar-refractivity contribution is -0.142.